The molecule has 6 heteroatoms. The summed E-state index contributed by atoms with van der Waals surface area (Å²) in [5, 5.41) is 0. The molecule has 1 aliphatic heterocycles. The highest BCUT2D eigenvalue weighted by Crippen LogP contribution is 2.22. The molecule has 1 aliphatic rings. The molecule has 1 N–H and O–H groups in total. The quantitative estimate of drug-likeness (QED) is 0.843. The molecule has 1 aromatic rings. The highest BCUT2D eigenvalue weighted by Gasteiger charge is 2.28. The fourth-order valence-electron chi connectivity index (χ4n) is 1.26. The molecule has 0 aliphatic carbocycles. The molecule has 1 aromatic carbocycles. The molecule has 1 heterocycles. The van der Waals surface area contributed by atoms with Gasteiger partial charge in [-0.2, -0.15) is 13.1 Å². The smallest absolute Gasteiger partial charge is 0.256 e. The Kier molecular flexibility index (Phi) is 2.61. The van der Waals surface area contributed by atoms with Crippen molar-refractivity contribution in [1.82, 2.24) is 4.72 Å². The Morgan fingerprint density at radius 1 is 1.36 bits per heavy atom. The van der Waals surface area contributed by atoms with Crippen molar-refractivity contribution in [3.05, 3.63) is 34.3 Å². The topological polar surface area (TPSA) is 55.4 Å². The van der Waals surface area contributed by atoms with Crippen molar-refractivity contribution in [2.45, 2.75) is 6.04 Å². The Bertz CT molecular complexity index is 428. The summed E-state index contributed by atoms with van der Waals surface area (Å²) < 4.78 is 29.8. The Balaban J connectivity index is 2.22. The van der Waals surface area contributed by atoms with E-state index in [9.17, 15) is 8.42 Å². The first-order chi connectivity index (χ1) is 6.57. The first-order valence-corrected chi connectivity index (χ1v) is 6.19. The van der Waals surface area contributed by atoms with Crippen molar-refractivity contribution in [3.63, 3.8) is 0 Å². The zero-order valence-corrected chi connectivity index (χ0v) is 9.51. The number of rotatable bonds is 1. The lowest BCUT2D eigenvalue weighted by Gasteiger charge is -2.06. The van der Waals surface area contributed by atoms with Gasteiger partial charge in [0.25, 0.3) is 0 Å². The molecule has 1 atom stereocenters. The van der Waals surface area contributed by atoms with Crippen LogP contribution in [0.25, 0.3) is 0 Å². The van der Waals surface area contributed by atoms with Gasteiger partial charge in [-0.05, 0) is 17.7 Å². The highest BCUT2D eigenvalue weighted by atomic mass is 79.9. The van der Waals surface area contributed by atoms with Gasteiger partial charge in [0.2, 0.25) is 0 Å². The molecule has 0 aromatic heterocycles. The van der Waals surface area contributed by atoms with Crippen LogP contribution in [0, 0.1) is 0 Å². The van der Waals surface area contributed by atoms with E-state index in [0.29, 0.717) is 0 Å². The van der Waals surface area contributed by atoms with Gasteiger partial charge in [-0.3, -0.25) is 4.18 Å². The van der Waals surface area contributed by atoms with Crippen molar-refractivity contribution < 1.29 is 12.6 Å². The molecule has 0 saturated carbocycles. The summed E-state index contributed by atoms with van der Waals surface area (Å²) in [5.74, 6) is 0. The van der Waals surface area contributed by atoms with Crippen LogP contribution in [0.3, 0.4) is 0 Å². The molecular weight excluding hydrogens is 270 g/mol. The van der Waals surface area contributed by atoms with E-state index in [4.69, 9.17) is 0 Å². The Labute approximate surface area is 90.7 Å². The predicted octanol–water partition coefficient (Wildman–Crippen LogP) is 1.35. The lowest BCUT2D eigenvalue weighted by molar-refractivity contribution is 0.338. The van der Waals surface area contributed by atoms with Crippen LogP contribution in [0.4, 0.5) is 0 Å². The van der Waals surface area contributed by atoms with E-state index >= 15 is 0 Å². The average Bonchev–Trinajstić information content (AvgIpc) is 2.47. The van der Waals surface area contributed by atoms with Gasteiger partial charge in [-0.15, -0.1) is 0 Å². The maximum absolute atomic E-state index is 10.9. The highest BCUT2D eigenvalue weighted by molar-refractivity contribution is 9.10. The third kappa shape index (κ3) is 2.14. The van der Waals surface area contributed by atoms with Crippen molar-refractivity contribution in [3.8, 4) is 0 Å². The largest absolute Gasteiger partial charge is 0.336 e. The van der Waals surface area contributed by atoms with Crippen molar-refractivity contribution in [2.24, 2.45) is 0 Å². The van der Waals surface area contributed by atoms with E-state index in [-0.39, 0.29) is 12.6 Å². The summed E-state index contributed by atoms with van der Waals surface area (Å²) in [6.07, 6.45) is 0. The zero-order chi connectivity index (χ0) is 10.2. The first kappa shape index (κ1) is 10.1. The van der Waals surface area contributed by atoms with Crippen LogP contribution in [0.5, 0.6) is 0 Å². The van der Waals surface area contributed by atoms with Crippen LogP contribution in [0.15, 0.2) is 28.7 Å². The van der Waals surface area contributed by atoms with Crippen LogP contribution in [0.2, 0.25) is 0 Å². The molecule has 14 heavy (non-hydrogen) atoms. The van der Waals surface area contributed by atoms with Gasteiger partial charge >= 0.3 is 10.3 Å². The monoisotopic (exact) mass is 277 g/mol. The number of benzene rings is 1. The van der Waals surface area contributed by atoms with E-state index in [1.165, 1.54) is 0 Å². The first-order valence-electron chi connectivity index (χ1n) is 3.99. The fourth-order valence-corrected chi connectivity index (χ4v) is 2.46. The SMILES string of the molecule is O=S1(=O)N[C@@H](c2ccc(Br)cc2)CO1. The molecule has 0 amide bonds. The third-order valence-corrected chi connectivity index (χ3v) is 3.50. The number of hydrogen-bond acceptors (Lipinski definition) is 3. The summed E-state index contributed by atoms with van der Waals surface area (Å²) in [7, 11) is -3.52. The molecule has 76 valence electrons. The summed E-state index contributed by atoms with van der Waals surface area (Å²) in [5.41, 5.74) is 0.897. The molecule has 1 saturated heterocycles. The van der Waals surface area contributed by atoms with Gasteiger partial charge in [-0.25, -0.2) is 0 Å². The van der Waals surface area contributed by atoms with Crippen molar-refractivity contribution in [2.75, 3.05) is 6.61 Å². The fraction of sp³-hybridized carbons (Fsp3) is 0.250. The van der Waals surface area contributed by atoms with Gasteiger partial charge in [-0.1, -0.05) is 28.1 Å². The normalized spacial score (nSPS) is 25.1. The maximum atomic E-state index is 10.9. The van der Waals surface area contributed by atoms with Crippen LogP contribution >= 0.6 is 15.9 Å². The zero-order valence-electron chi connectivity index (χ0n) is 7.10. The Morgan fingerprint density at radius 2 is 2.00 bits per heavy atom. The lowest BCUT2D eigenvalue weighted by Crippen LogP contribution is -2.19. The number of nitrogens with one attached hydrogen (secondary N) is 1. The minimum absolute atomic E-state index is 0.157. The van der Waals surface area contributed by atoms with Gasteiger partial charge in [0.1, 0.15) is 0 Å². The average molecular weight is 278 g/mol. The summed E-state index contributed by atoms with van der Waals surface area (Å²) in [6.45, 7) is 0.157. The van der Waals surface area contributed by atoms with Gasteiger partial charge in [0.15, 0.2) is 0 Å². The van der Waals surface area contributed by atoms with Gasteiger partial charge in [0.05, 0.1) is 12.6 Å². The van der Waals surface area contributed by atoms with Crippen molar-refractivity contribution in [1.29, 1.82) is 0 Å². The second-order valence-electron chi connectivity index (χ2n) is 2.96. The van der Waals surface area contributed by atoms with E-state index in [2.05, 4.69) is 24.8 Å². The van der Waals surface area contributed by atoms with Crippen molar-refractivity contribution >= 4 is 26.2 Å². The van der Waals surface area contributed by atoms with Crippen LogP contribution in [0.1, 0.15) is 11.6 Å². The molecule has 2 rings (SSSR count). The molecule has 0 radical (unpaired) electrons. The van der Waals surface area contributed by atoms with E-state index in [1.54, 1.807) is 0 Å². The number of hydrogen-bond donors (Lipinski definition) is 1. The summed E-state index contributed by atoms with van der Waals surface area (Å²) >= 11 is 3.31. The Morgan fingerprint density at radius 3 is 2.50 bits per heavy atom. The lowest BCUT2D eigenvalue weighted by atomic mass is 10.1. The van der Waals surface area contributed by atoms with Gasteiger partial charge < -0.3 is 0 Å². The molecule has 0 unspecified atom stereocenters. The minimum atomic E-state index is -3.52. The van der Waals surface area contributed by atoms with Gasteiger partial charge in [0, 0.05) is 4.47 Å². The molecule has 0 bridgehead atoms. The van der Waals surface area contributed by atoms with E-state index in [0.717, 1.165) is 10.0 Å². The Hall–Kier alpha value is -0.430. The predicted molar refractivity (Wildman–Crippen MR) is 54.9 cm³/mol. The minimum Gasteiger partial charge on any atom is -0.256 e. The standard InChI is InChI=1S/C8H8BrNO3S/c9-7-3-1-6(2-4-7)8-5-13-14(11,12)10-8/h1-4,8,10H,5H2/t8-/m1/s1. The third-order valence-electron chi connectivity index (χ3n) is 1.95. The summed E-state index contributed by atoms with van der Waals surface area (Å²) in [4.78, 5) is 0. The maximum Gasteiger partial charge on any atom is 0.336 e. The van der Waals surface area contributed by atoms with Crippen LogP contribution in [-0.2, 0) is 14.5 Å². The van der Waals surface area contributed by atoms with Crippen LogP contribution < -0.4 is 4.72 Å². The van der Waals surface area contributed by atoms with Crippen LogP contribution in [-0.4, -0.2) is 15.0 Å². The molecule has 1 fully saturated rings. The van der Waals surface area contributed by atoms with E-state index in [1.807, 2.05) is 24.3 Å². The van der Waals surface area contributed by atoms with E-state index < -0.39 is 10.3 Å². The molecule has 4 nitrogen and oxygen atoms in total. The summed E-state index contributed by atoms with van der Waals surface area (Å²) in [6, 6.07) is 7.16. The second kappa shape index (κ2) is 3.62. The second-order valence-corrected chi connectivity index (χ2v) is 5.26. The molecular formula is C8H8BrNO3S. The molecule has 0 spiro atoms. The number of halogens is 1.